The fourth-order valence-electron chi connectivity index (χ4n) is 6.13. The van der Waals surface area contributed by atoms with E-state index in [0.717, 1.165) is 77.0 Å². The van der Waals surface area contributed by atoms with Crippen LogP contribution < -0.4 is 5.48 Å². The molecule has 6 atom stereocenters. The van der Waals surface area contributed by atoms with Crippen molar-refractivity contribution in [3.63, 3.8) is 0 Å². The normalized spacial score (nSPS) is 17.3. The van der Waals surface area contributed by atoms with Crippen molar-refractivity contribution >= 4 is 39.5 Å². The van der Waals surface area contributed by atoms with Gasteiger partial charge in [0.05, 0.1) is 19.8 Å². The van der Waals surface area contributed by atoms with Crippen LogP contribution in [0.25, 0.3) is 0 Å². The standard InChI is InChI=1S/C42H79NO17P2/c1-5-9-13-16-17-18-19-20-22-25-29-41(48)59-37(34-54-38(45)26-12-8-4)42-43-60(42)62(51,52)57-31-35(44)30-55-61(49,50)56-33-36(32-53-39(46)27-23-15-11-7-3)58-40(47)28-24-21-14-10-6-2/h35-37,42-44H,5-34H2,1-4H3,(H-,49,50,51,52)/p+1/t35-,36+,37+,42-/m0/s1. The number of aliphatic hydroxyl groups excluding tert-OH is 1. The molecule has 364 valence electrons. The van der Waals surface area contributed by atoms with Gasteiger partial charge in [0.2, 0.25) is 6.10 Å². The molecule has 0 aromatic rings. The van der Waals surface area contributed by atoms with E-state index in [1.807, 2.05) is 13.8 Å². The molecule has 1 rings (SSSR count). The average Bonchev–Trinajstić information content (AvgIpc) is 4.05. The van der Waals surface area contributed by atoms with Gasteiger partial charge in [-0.3, -0.25) is 33.1 Å². The first-order valence-corrected chi connectivity index (χ1v) is 26.1. The van der Waals surface area contributed by atoms with Crippen LogP contribution in [0.3, 0.4) is 0 Å². The molecule has 2 unspecified atom stereocenters. The van der Waals surface area contributed by atoms with Gasteiger partial charge in [-0.25, -0.2) is 13.3 Å². The molecule has 1 aliphatic heterocycles. The summed E-state index contributed by atoms with van der Waals surface area (Å²) >= 11 is 0. The van der Waals surface area contributed by atoms with Crippen molar-refractivity contribution in [2.45, 2.75) is 213 Å². The van der Waals surface area contributed by atoms with E-state index >= 15 is 0 Å². The zero-order valence-electron chi connectivity index (χ0n) is 38.0. The topological polar surface area (TPSA) is 252 Å². The number of nitrogens with one attached hydrogen (secondary N) is 1. The predicted molar refractivity (Wildman–Crippen MR) is 231 cm³/mol. The Morgan fingerprint density at radius 2 is 0.919 bits per heavy atom. The number of unbranched alkanes of at least 4 members (excludes halogenated alkanes) is 17. The second kappa shape index (κ2) is 35.3. The molecule has 1 aliphatic rings. The van der Waals surface area contributed by atoms with Crippen molar-refractivity contribution in [3.05, 3.63) is 0 Å². The van der Waals surface area contributed by atoms with Gasteiger partial charge < -0.3 is 28.9 Å². The van der Waals surface area contributed by atoms with Crippen LogP contribution >= 0.6 is 15.6 Å². The highest BCUT2D eigenvalue weighted by Crippen LogP contribution is 2.57. The van der Waals surface area contributed by atoms with Gasteiger partial charge in [0.15, 0.2) is 6.10 Å². The van der Waals surface area contributed by atoms with Crippen molar-refractivity contribution in [1.82, 2.24) is 5.48 Å². The summed E-state index contributed by atoms with van der Waals surface area (Å²) in [5, 5.41) is 10.4. The summed E-state index contributed by atoms with van der Waals surface area (Å²) in [4.78, 5) is 70.6. The Hall–Kier alpha value is -1.98. The molecule has 0 radical (unpaired) electrons. The summed E-state index contributed by atoms with van der Waals surface area (Å²) in [5.74, 6) is -2.19. The van der Waals surface area contributed by atoms with Crippen molar-refractivity contribution in [1.29, 1.82) is 0 Å². The SMILES string of the molecule is CCCCCCCCCCCCC(=O)O[C@H](COC(=O)CCCC)[C@H]1N[O+]1P(=O)(O)OC[C@@H](O)COP(=O)(O)OC[C@@H](COC(=O)CCCCCC)OC(=O)CCCCCCC. The van der Waals surface area contributed by atoms with E-state index in [1.165, 1.54) is 32.1 Å². The van der Waals surface area contributed by atoms with Crippen LogP contribution in [0, 0.1) is 0 Å². The Morgan fingerprint density at radius 3 is 1.45 bits per heavy atom. The number of carbonyl (C=O) groups excluding carboxylic acids is 4. The van der Waals surface area contributed by atoms with E-state index in [9.17, 15) is 43.2 Å². The maximum atomic E-state index is 13.1. The van der Waals surface area contributed by atoms with Gasteiger partial charge in [-0.2, -0.15) is 4.57 Å². The third-order valence-corrected chi connectivity index (χ3v) is 12.2. The van der Waals surface area contributed by atoms with Crippen molar-refractivity contribution in [2.24, 2.45) is 0 Å². The number of hydroxylamine groups is 1. The highest BCUT2D eigenvalue weighted by atomic mass is 31.2. The first kappa shape index (κ1) is 58.0. The third-order valence-electron chi connectivity index (χ3n) is 9.90. The lowest BCUT2D eigenvalue weighted by molar-refractivity contribution is -0.161. The van der Waals surface area contributed by atoms with E-state index in [4.69, 9.17) is 32.5 Å². The quantitative estimate of drug-likeness (QED) is 0.0111. The number of hydrogen-bond acceptors (Lipinski definition) is 15. The van der Waals surface area contributed by atoms with Crippen LogP contribution in [0.2, 0.25) is 0 Å². The lowest BCUT2D eigenvalue weighted by atomic mass is 10.1. The Bertz CT molecular complexity index is 1320. The largest absolute Gasteiger partial charge is 0.659 e. The number of phosphoric acid groups is 1. The smallest absolute Gasteiger partial charge is 0.462 e. The Kier molecular flexibility index (Phi) is 33.0. The summed E-state index contributed by atoms with van der Waals surface area (Å²) in [6.07, 6.45) is 15.4. The Morgan fingerprint density at radius 1 is 0.516 bits per heavy atom. The molecule has 1 saturated heterocycles. The molecular formula is C42H80NO17P2+. The summed E-state index contributed by atoms with van der Waals surface area (Å²) in [6, 6.07) is 0. The molecule has 20 heteroatoms. The van der Waals surface area contributed by atoms with Gasteiger partial charge in [-0.1, -0.05) is 137 Å². The van der Waals surface area contributed by atoms with Crippen molar-refractivity contribution in [3.8, 4) is 0 Å². The highest BCUT2D eigenvalue weighted by molar-refractivity contribution is 7.48. The molecular weight excluding hydrogens is 852 g/mol. The van der Waals surface area contributed by atoms with Gasteiger partial charge in [0.1, 0.15) is 19.3 Å². The Balaban J connectivity index is 2.67. The average molecular weight is 933 g/mol. The molecule has 0 aromatic heterocycles. The molecule has 0 amide bonds. The molecule has 18 nitrogen and oxygen atoms in total. The van der Waals surface area contributed by atoms with Crippen LogP contribution in [0.15, 0.2) is 0 Å². The number of esters is 4. The fraction of sp³-hybridized carbons (Fsp3) is 0.905. The van der Waals surface area contributed by atoms with Crippen LogP contribution in [-0.2, 0) is 65.1 Å². The molecule has 0 aliphatic carbocycles. The number of rotatable bonds is 42. The molecule has 62 heavy (non-hydrogen) atoms. The lowest BCUT2D eigenvalue weighted by Gasteiger charge is -2.20. The zero-order valence-corrected chi connectivity index (χ0v) is 39.8. The molecule has 0 aromatic carbocycles. The molecule has 1 heterocycles. The van der Waals surface area contributed by atoms with Gasteiger partial charge >= 0.3 is 45.8 Å². The molecule has 0 saturated carbocycles. The van der Waals surface area contributed by atoms with Crippen molar-refractivity contribution in [2.75, 3.05) is 33.0 Å². The van der Waals surface area contributed by atoms with Crippen LogP contribution in [0.1, 0.15) is 188 Å². The second-order valence-electron chi connectivity index (χ2n) is 15.8. The van der Waals surface area contributed by atoms with E-state index in [2.05, 4.69) is 19.3 Å². The third kappa shape index (κ3) is 30.2. The monoisotopic (exact) mass is 932 g/mol. The molecule has 0 bridgehead atoms. The number of aliphatic hydroxyl groups is 1. The summed E-state index contributed by atoms with van der Waals surface area (Å²) in [6.45, 7) is 5.01. The van der Waals surface area contributed by atoms with E-state index in [-0.39, 0.29) is 25.7 Å². The van der Waals surface area contributed by atoms with Gasteiger partial charge in [-0.05, 0) is 25.7 Å². The minimum Gasteiger partial charge on any atom is -0.462 e. The maximum Gasteiger partial charge on any atom is 0.659 e. The van der Waals surface area contributed by atoms with E-state index in [0.29, 0.717) is 25.7 Å². The predicted octanol–water partition coefficient (Wildman–Crippen LogP) is 8.74. The van der Waals surface area contributed by atoms with Crippen LogP contribution in [0.5, 0.6) is 0 Å². The number of carbonyl (C=O) groups is 4. The van der Waals surface area contributed by atoms with Gasteiger partial charge in [0.25, 0.3) is 0 Å². The van der Waals surface area contributed by atoms with Gasteiger partial charge in [-0.15, -0.1) is 0 Å². The summed E-state index contributed by atoms with van der Waals surface area (Å²) in [5.41, 5.74) is 2.52. The molecule has 4 N–H and O–H groups in total. The van der Waals surface area contributed by atoms with E-state index < -0.39 is 97.1 Å². The second-order valence-corrected chi connectivity index (χ2v) is 18.9. The van der Waals surface area contributed by atoms with Crippen molar-refractivity contribution < 1.29 is 80.0 Å². The minimum atomic E-state index is -4.90. The van der Waals surface area contributed by atoms with Gasteiger partial charge in [0, 0.05) is 31.2 Å². The zero-order chi connectivity index (χ0) is 46.1. The molecule has 0 spiro atoms. The Labute approximate surface area is 370 Å². The number of phosphoric ester groups is 1. The van der Waals surface area contributed by atoms with Crippen LogP contribution in [0.4, 0.5) is 0 Å². The number of ether oxygens (including phenoxy) is 4. The van der Waals surface area contributed by atoms with E-state index in [1.54, 1.807) is 4.25 Å². The number of hydrogen-bond donors (Lipinski definition) is 4. The summed E-state index contributed by atoms with van der Waals surface area (Å²) in [7, 11) is -9.68. The fourth-order valence-corrected chi connectivity index (χ4v) is 8.05. The van der Waals surface area contributed by atoms with Crippen LogP contribution in [-0.4, -0.2) is 96.3 Å². The minimum absolute atomic E-state index is 0.100. The maximum absolute atomic E-state index is 13.1. The lowest BCUT2D eigenvalue weighted by Crippen LogP contribution is -2.32. The first-order valence-electron chi connectivity index (χ1n) is 23.1. The first-order chi connectivity index (χ1) is 29.7. The molecule has 1 fully saturated rings. The summed E-state index contributed by atoms with van der Waals surface area (Å²) < 4.78 is 63.9. The highest BCUT2D eigenvalue weighted by Gasteiger charge is 2.65.